The highest BCUT2D eigenvalue weighted by Crippen LogP contribution is 2.33. The first-order chi connectivity index (χ1) is 8.56. The van der Waals surface area contributed by atoms with Crippen molar-refractivity contribution in [3.8, 4) is 5.75 Å². The third-order valence-corrected chi connectivity index (χ3v) is 3.84. The van der Waals surface area contributed by atoms with Crippen LogP contribution in [0.25, 0.3) is 0 Å². The molecule has 0 heterocycles. The normalized spacial score (nSPS) is 29.9. The molecule has 1 aliphatic carbocycles. The summed E-state index contributed by atoms with van der Waals surface area (Å²) in [5.41, 5.74) is 7.11. The Morgan fingerprint density at radius 1 is 1.11 bits per heavy atom. The molecule has 3 unspecified atom stereocenters. The molecule has 2 rings (SSSR count). The Balaban J connectivity index is 2.09. The summed E-state index contributed by atoms with van der Waals surface area (Å²) in [6.45, 7) is 6.65. The van der Waals surface area contributed by atoms with Crippen molar-refractivity contribution in [2.45, 2.75) is 52.2 Å². The molecule has 1 saturated carbocycles. The lowest BCUT2D eigenvalue weighted by Crippen LogP contribution is -2.29. The van der Waals surface area contributed by atoms with Gasteiger partial charge in [0.05, 0.1) is 6.10 Å². The maximum atomic E-state index is 6.21. The molecule has 0 radical (unpaired) electrons. The molecule has 2 heteroatoms. The SMILES string of the molecule is CC1CC(C)CC(Oc2ccccc2C(C)N)C1. The first-order valence-electron chi connectivity index (χ1n) is 7.07. The summed E-state index contributed by atoms with van der Waals surface area (Å²) in [5.74, 6) is 2.50. The van der Waals surface area contributed by atoms with Gasteiger partial charge < -0.3 is 10.5 Å². The predicted octanol–water partition coefficient (Wildman–Crippen LogP) is 3.91. The van der Waals surface area contributed by atoms with E-state index in [9.17, 15) is 0 Å². The van der Waals surface area contributed by atoms with Crippen LogP contribution in [0.3, 0.4) is 0 Å². The molecule has 1 aromatic carbocycles. The second kappa shape index (κ2) is 5.75. The van der Waals surface area contributed by atoms with Gasteiger partial charge in [0.25, 0.3) is 0 Å². The van der Waals surface area contributed by atoms with Crippen LogP contribution in [0.1, 0.15) is 51.6 Å². The Morgan fingerprint density at radius 2 is 1.72 bits per heavy atom. The fourth-order valence-corrected chi connectivity index (χ4v) is 3.11. The number of nitrogens with two attached hydrogens (primary N) is 1. The minimum atomic E-state index is 0.0274. The van der Waals surface area contributed by atoms with Crippen LogP contribution >= 0.6 is 0 Å². The highest BCUT2D eigenvalue weighted by Gasteiger charge is 2.25. The average molecular weight is 247 g/mol. The number of hydrogen-bond donors (Lipinski definition) is 1. The molecule has 3 atom stereocenters. The first kappa shape index (κ1) is 13.4. The molecule has 2 nitrogen and oxygen atoms in total. The van der Waals surface area contributed by atoms with E-state index in [-0.39, 0.29) is 6.04 Å². The van der Waals surface area contributed by atoms with E-state index in [1.807, 2.05) is 25.1 Å². The summed E-state index contributed by atoms with van der Waals surface area (Å²) in [7, 11) is 0. The quantitative estimate of drug-likeness (QED) is 0.879. The standard InChI is InChI=1S/C16H25NO/c1-11-8-12(2)10-14(9-11)18-16-7-5-4-6-15(16)13(3)17/h4-7,11-14H,8-10,17H2,1-3H3. The van der Waals surface area contributed by atoms with Crippen LogP contribution in [0.2, 0.25) is 0 Å². The van der Waals surface area contributed by atoms with Gasteiger partial charge in [-0.1, -0.05) is 32.0 Å². The fourth-order valence-electron chi connectivity index (χ4n) is 3.11. The summed E-state index contributed by atoms with van der Waals surface area (Å²) in [6, 6.07) is 8.19. The topological polar surface area (TPSA) is 35.2 Å². The maximum absolute atomic E-state index is 6.21. The Bertz CT molecular complexity index is 378. The van der Waals surface area contributed by atoms with Crippen molar-refractivity contribution in [3.05, 3.63) is 29.8 Å². The van der Waals surface area contributed by atoms with Crippen molar-refractivity contribution in [2.75, 3.05) is 0 Å². The van der Waals surface area contributed by atoms with E-state index < -0.39 is 0 Å². The molecule has 18 heavy (non-hydrogen) atoms. The van der Waals surface area contributed by atoms with Crippen LogP contribution in [0, 0.1) is 11.8 Å². The van der Waals surface area contributed by atoms with Crippen molar-refractivity contribution in [3.63, 3.8) is 0 Å². The van der Waals surface area contributed by atoms with Gasteiger partial charge in [0.1, 0.15) is 5.75 Å². The molecule has 1 aromatic rings. The molecule has 0 bridgehead atoms. The van der Waals surface area contributed by atoms with E-state index in [4.69, 9.17) is 10.5 Å². The maximum Gasteiger partial charge on any atom is 0.124 e. The van der Waals surface area contributed by atoms with E-state index in [1.54, 1.807) is 0 Å². The van der Waals surface area contributed by atoms with Crippen LogP contribution in [0.15, 0.2) is 24.3 Å². The molecule has 0 aliphatic heterocycles. The zero-order valence-corrected chi connectivity index (χ0v) is 11.7. The predicted molar refractivity (Wildman–Crippen MR) is 75.6 cm³/mol. The van der Waals surface area contributed by atoms with Crippen LogP contribution in [0.4, 0.5) is 0 Å². The van der Waals surface area contributed by atoms with Crippen LogP contribution in [-0.4, -0.2) is 6.10 Å². The lowest BCUT2D eigenvalue weighted by atomic mass is 9.82. The van der Waals surface area contributed by atoms with Crippen LogP contribution < -0.4 is 10.5 Å². The van der Waals surface area contributed by atoms with E-state index in [0.717, 1.165) is 36.0 Å². The van der Waals surface area contributed by atoms with Gasteiger partial charge in [-0.3, -0.25) is 0 Å². The lowest BCUT2D eigenvalue weighted by molar-refractivity contribution is 0.0998. The monoisotopic (exact) mass is 247 g/mol. The highest BCUT2D eigenvalue weighted by molar-refractivity contribution is 5.35. The van der Waals surface area contributed by atoms with Gasteiger partial charge in [0, 0.05) is 11.6 Å². The first-order valence-corrected chi connectivity index (χ1v) is 7.07. The van der Waals surface area contributed by atoms with Crippen molar-refractivity contribution >= 4 is 0 Å². The Kier molecular flexibility index (Phi) is 4.28. The van der Waals surface area contributed by atoms with Crippen LogP contribution in [-0.2, 0) is 0 Å². The Morgan fingerprint density at radius 3 is 2.33 bits per heavy atom. The number of rotatable bonds is 3. The number of hydrogen-bond acceptors (Lipinski definition) is 2. The van der Waals surface area contributed by atoms with Crippen LogP contribution in [0.5, 0.6) is 5.75 Å². The molecule has 0 aromatic heterocycles. The zero-order valence-electron chi connectivity index (χ0n) is 11.7. The molecule has 2 N–H and O–H groups in total. The van der Waals surface area contributed by atoms with E-state index in [2.05, 4.69) is 19.9 Å². The van der Waals surface area contributed by atoms with Gasteiger partial charge in [-0.05, 0) is 44.1 Å². The second-order valence-corrected chi connectivity index (χ2v) is 5.98. The van der Waals surface area contributed by atoms with Crippen molar-refractivity contribution in [1.29, 1.82) is 0 Å². The van der Waals surface area contributed by atoms with E-state index in [0.29, 0.717) is 6.10 Å². The van der Waals surface area contributed by atoms with E-state index in [1.165, 1.54) is 6.42 Å². The molecule has 0 spiro atoms. The highest BCUT2D eigenvalue weighted by atomic mass is 16.5. The number of benzene rings is 1. The second-order valence-electron chi connectivity index (χ2n) is 5.98. The van der Waals surface area contributed by atoms with Gasteiger partial charge in [-0.15, -0.1) is 0 Å². The molecule has 0 amide bonds. The fraction of sp³-hybridized carbons (Fsp3) is 0.625. The molecule has 1 fully saturated rings. The van der Waals surface area contributed by atoms with E-state index >= 15 is 0 Å². The summed E-state index contributed by atoms with van der Waals surface area (Å²) in [6.07, 6.45) is 4.01. The van der Waals surface area contributed by atoms with Gasteiger partial charge in [-0.25, -0.2) is 0 Å². The Hall–Kier alpha value is -1.02. The Labute approximate surface area is 111 Å². The van der Waals surface area contributed by atoms with Gasteiger partial charge in [0.2, 0.25) is 0 Å². The number of para-hydroxylation sites is 1. The summed E-state index contributed by atoms with van der Waals surface area (Å²) >= 11 is 0. The van der Waals surface area contributed by atoms with Crippen molar-refractivity contribution < 1.29 is 4.74 Å². The van der Waals surface area contributed by atoms with Gasteiger partial charge in [0.15, 0.2) is 0 Å². The van der Waals surface area contributed by atoms with Crippen molar-refractivity contribution in [1.82, 2.24) is 0 Å². The molecule has 1 aliphatic rings. The molecule has 0 saturated heterocycles. The minimum absolute atomic E-state index is 0.0274. The minimum Gasteiger partial charge on any atom is -0.490 e. The largest absolute Gasteiger partial charge is 0.490 e. The molecular weight excluding hydrogens is 222 g/mol. The average Bonchev–Trinajstić information content (AvgIpc) is 2.27. The third kappa shape index (κ3) is 3.26. The third-order valence-electron chi connectivity index (χ3n) is 3.84. The molecular formula is C16H25NO. The summed E-state index contributed by atoms with van der Waals surface area (Å²) in [5, 5.41) is 0. The number of ether oxygens (including phenoxy) is 1. The molecule has 100 valence electrons. The smallest absolute Gasteiger partial charge is 0.124 e. The van der Waals surface area contributed by atoms with Gasteiger partial charge >= 0.3 is 0 Å². The van der Waals surface area contributed by atoms with Crippen molar-refractivity contribution in [2.24, 2.45) is 17.6 Å². The summed E-state index contributed by atoms with van der Waals surface area (Å²) < 4.78 is 6.21. The lowest BCUT2D eigenvalue weighted by Gasteiger charge is -2.32. The van der Waals surface area contributed by atoms with Gasteiger partial charge in [-0.2, -0.15) is 0 Å². The zero-order chi connectivity index (χ0) is 13.1. The summed E-state index contributed by atoms with van der Waals surface area (Å²) in [4.78, 5) is 0.